The lowest BCUT2D eigenvalue weighted by Gasteiger charge is -2.17. The first-order valence-electron chi connectivity index (χ1n) is 6.96. The van der Waals surface area contributed by atoms with E-state index in [1.54, 1.807) is 0 Å². The van der Waals surface area contributed by atoms with E-state index in [-0.39, 0.29) is 12.0 Å². The number of carboxylic acids is 1. The molecule has 23 heavy (non-hydrogen) atoms. The molecule has 1 aromatic rings. The van der Waals surface area contributed by atoms with Crippen LogP contribution in [0.5, 0.6) is 0 Å². The maximum atomic E-state index is 13.3. The van der Waals surface area contributed by atoms with Crippen molar-refractivity contribution in [3.8, 4) is 0 Å². The van der Waals surface area contributed by atoms with Crippen LogP contribution in [0.2, 0.25) is 0 Å². The molecule has 0 saturated carbocycles. The van der Waals surface area contributed by atoms with E-state index in [1.807, 2.05) is 0 Å². The average Bonchev–Trinajstić information content (AvgIpc) is 3.02. The van der Waals surface area contributed by atoms with E-state index in [0.717, 1.165) is 18.6 Å². The van der Waals surface area contributed by atoms with Crippen LogP contribution < -0.4 is 5.32 Å². The Balaban J connectivity index is 2.10. The number of halogens is 1. The van der Waals surface area contributed by atoms with Crippen molar-refractivity contribution in [3.05, 3.63) is 39.7 Å². The van der Waals surface area contributed by atoms with Crippen LogP contribution in [0.15, 0.2) is 18.2 Å². The summed E-state index contributed by atoms with van der Waals surface area (Å²) in [6, 6.07) is 1.82. The lowest BCUT2D eigenvalue weighted by atomic mass is 10.0. The molecule has 0 unspecified atom stereocenters. The van der Waals surface area contributed by atoms with E-state index in [1.165, 1.54) is 6.07 Å². The number of carboxylic acid groups (broad SMARTS) is 1. The van der Waals surface area contributed by atoms with Crippen LogP contribution in [0, 0.1) is 15.9 Å². The Labute approximate surface area is 130 Å². The molecule has 8 nitrogen and oxygen atoms in total. The minimum absolute atomic E-state index is 0.199. The number of amides is 1. The van der Waals surface area contributed by atoms with Gasteiger partial charge in [-0.25, -0.2) is 4.79 Å². The summed E-state index contributed by atoms with van der Waals surface area (Å²) in [6.45, 7) is 0.444. The number of rotatable bonds is 6. The highest BCUT2D eigenvalue weighted by molar-refractivity contribution is 5.86. The van der Waals surface area contributed by atoms with E-state index in [0.29, 0.717) is 13.0 Å². The molecule has 0 bridgehead atoms. The van der Waals surface area contributed by atoms with Crippen LogP contribution in [-0.2, 0) is 20.7 Å². The van der Waals surface area contributed by atoms with Crippen LogP contribution in [0.4, 0.5) is 10.1 Å². The normalized spacial score (nSPS) is 18.4. The van der Waals surface area contributed by atoms with Crippen molar-refractivity contribution in [1.29, 1.82) is 0 Å². The SMILES string of the molecule is O=C(N[C@H](Cc1ccc(F)c([N+](=O)[O-])c1)C(=O)O)[C@@H]1CCCO1. The number of nitro benzene ring substituents is 1. The number of hydrogen-bond acceptors (Lipinski definition) is 5. The van der Waals surface area contributed by atoms with Crippen molar-refractivity contribution in [1.82, 2.24) is 5.32 Å². The van der Waals surface area contributed by atoms with Gasteiger partial charge in [-0.3, -0.25) is 14.9 Å². The second-order valence-corrected chi connectivity index (χ2v) is 5.15. The highest BCUT2D eigenvalue weighted by Crippen LogP contribution is 2.20. The van der Waals surface area contributed by atoms with Gasteiger partial charge in [0.2, 0.25) is 11.7 Å². The van der Waals surface area contributed by atoms with Crippen LogP contribution in [0.25, 0.3) is 0 Å². The van der Waals surface area contributed by atoms with Gasteiger partial charge in [-0.2, -0.15) is 4.39 Å². The summed E-state index contributed by atoms with van der Waals surface area (Å²) >= 11 is 0. The predicted octanol–water partition coefficient (Wildman–Crippen LogP) is 1.02. The molecule has 0 spiro atoms. The minimum atomic E-state index is -1.29. The standard InChI is InChI=1S/C14H15FN2O6/c15-9-4-3-8(7-11(9)17(21)22)6-10(14(19)20)16-13(18)12-2-1-5-23-12/h3-4,7,10,12H,1-2,5-6H2,(H,16,18)(H,19,20)/t10-,12+/m1/s1. The molecule has 9 heteroatoms. The van der Waals surface area contributed by atoms with Crippen molar-refractivity contribution >= 4 is 17.6 Å². The second-order valence-electron chi connectivity index (χ2n) is 5.15. The average molecular weight is 326 g/mol. The lowest BCUT2D eigenvalue weighted by molar-refractivity contribution is -0.387. The van der Waals surface area contributed by atoms with Gasteiger partial charge in [0.25, 0.3) is 0 Å². The number of carbonyl (C=O) groups is 2. The monoisotopic (exact) mass is 326 g/mol. The van der Waals surface area contributed by atoms with E-state index < -0.39 is 40.5 Å². The molecule has 2 rings (SSSR count). The van der Waals surface area contributed by atoms with Crippen molar-refractivity contribution < 1.29 is 28.7 Å². The van der Waals surface area contributed by atoms with Gasteiger partial charge in [-0.1, -0.05) is 6.07 Å². The minimum Gasteiger partial charge on any atom is -0.480 e. The highest BCUT2D eigenvalue weighted by Gasteiger charge is 2.28. The maximum Gasteiger partial charge on any atom is 0.326 e. The van der Waals surface area contributed by atoms with Gasteiger partial charge in [-0.05, 0) is 24.5 Å². The molecule has 2 N–H and O–H groups in total. The summed E-state index contributed by atoms with van der Waals surface area (Å²) in [5.74, 6) is -2.83. The van der Waals surface area contributed by atoms with E-state index >= 15 is 0 Å². The molecule has 0 radical (unpaired) electrons. The zero-order chi connectivity index (χ0) is 17.0. The Bertz CT molecular complexity index is 630. The molecule has 2 atom stereocenters. The number of benzene rings is 1. The third-order valence-corrected chi connectivity index (χ3v) is 3.48. The van der Waals surface area contributed by atoms with Crippen molar-refractivity contribution in [3.63, 3.8) is 0 Å². The van der Waals surface area contributed by atoms with Crippen molar-refractivity contribution in [2.75, 3.05) is 6.61 Å². The first kappa shape index (κ1) is 16.8. The molecule has 1 fully saturated rings. The Morgan fingerprint density at radius 2 is 2.26 bits per heavy atom. The Hall–Kier alpha value is -2.55. The number of carbonyl (C=O) groups excluding carboxylic acids is 1. The van der Waals surface area contributed by atoms with Gasteiger partial charge >= 0.3 is 11.7 Å². The van der Waals surface area contributed by atoms with E-state index in [4.69, 9.17) is 4.74 Å². The molecule has 1 aliphatic heterocycles. The zero-order valence-electron chi connectivity index (χ0n) is 12.0. The quantitative estimate of drug-likeness (QED) is 0.595. The molecular formula is C14H15FN2O6. The number of aliphatic carboxylic acids is 1. The van der Waals surface area contributed by atoms with Crippen LogP contribution >= 0.6 is 0 Å². The second kappa shape index (κ2) is 7.14. The van der Waals surface area contributed by atoms with Crippen molar-refractivity contribution in [2.24, 2.45) is 0 Å². The molecule has 0 aliphatic carbocycles. The summed E-state index contributed by atoms with van der Waals surface area (Å²) in [5, 5.41) is 22.2. The van der Waals surface area contributed by atoms with Gasteiger partial charge in [0, 0.05) is 19.1 Å². The van der Waals surface area contributed by atoms with Gasteiger partial charge in [0.15, 0.2) is 0 Å². The number of nitro groups is 1. The van der Waals surface area contributed by atoms with Crippen molar-refractivity contribution in [2.45, 2.75) is 31.4 Å². The summed E-state index contributed by atoms with van der Waals surface area (Å²) in [6.07, 6.45) is 0.356. The Morgan fingerprint density at radius 3 is 2.83 bits per heavy atom. The third-order valence-electron chi connectivity index (χ3n) is 3.48. The topological polar surface area (TPSA) is 119 Å². The van der Waals surface area contributed by atoms with Crippen LogP contribution in [0.3, 0.4) is 0 Å². The molecule has 1 aromatic carbocycles. The predicted molar refractivity (Wildman–Crippen MR) is 75.3 cm³/mol. The molecule has 1 aliphatic rings. The van der Waals surface area contributed by atoms with Gasteiger partial charge < -0.3 is 15.2 Å². The molecule has 1 heterocycles. The summed E-state index contributed by atoms with van der Waals surface area (Å²) in [5.41, 5.74) is -0.504. The fraction of sp³-hybridized carbons (Fsp3) is 0.429. The third kappa shape index (κ3) is 4.22. The molecule has 1 saturated heterocycles. The Kier molecular flexibility index (Phi) is 5.22. The fourth-order valence-corrected chi connectivity index (χ4v) is 2.31. The molecule has 1 amide bonds. The Morgan fingerprint density at radius 1 is 1.52 bits per heavy atom. The van der Waals surface area contributed by atoms with Crippen LogP contribution in [-0.4, -0.2) is 40.7 Å². The van der Waals surface area contributed by atoms with E-state index in [9.17, 15) is 29.2 Å². The molecular weight excluding hydrogens is 311 g/mol. The van der Waals surface area contributed by atoms with E-state index in [2.05, 4.69) is 5.32 Å². The van der Waals surface area contributed by atoms with Gasteiger partial charge in [0.1, 0.15) is 12.1 Å². The smallest absolute Gasteiger partial charge is 0.326 e. The lowest BCUT2D eigenvalue weighted by Crippen LogP contribution is -2.46. The fourth-order valence-electron chi connectivity index (χ4n) is 2.31. The number of hydrogen-bond donors (Lipinski definition) is 2. The summed E-state index contributed by atoms with van der Waals surface area (Å²) in [4.78, 5) is 33.0. The first-order chi connectivity index (χ1) is 10.9. The van der Waals surface area contributed by atoms with Crippen LogP contribution in [0.1, 0.15) is 18.4 Å². The molecule has 0 aromatic heterocycles. The zero-order valence-corrected chi connectivity index (χ0v) is 12.0. The highest BCUT2D eigenvalue weighted by atomic mass is 19.1. The summed E-state index contributed by atoms with van der Waals surface area (Å²) < 4.78 is 18.5. The first-order valence-corrected chi connectivity index (χ1v) is 6.96. The van der Waals surface area contributed by atoms with Gasteiger partial charge in [-0.15, -0.1) is 0 Å². The van der Waals surface area contributed by atoms with Gasteiger partial charge in [0.05, 0.1) is 4.92 Å². The number of nitrogens with one attached hydrogen (secondary N) is 1. The molecule has 124 valence electrons. The number of nitrogens with zero attached hydrogens (tertiary/aromatic N) is 1. The summed E-state index contributed by atoms with van der Waals surface area (Å²) in [7, 11) is 0. The number of ether oxygens (including phenoxy) is 1. The largest absolute Gasteiger partial charge is 0.480 e. The maximum absolute atomic E-state index is 13.3.